The minimum atomic E-state index is -4.13. The van der Waals surface area contributed by atoms with Gasteiger partial charge in [0.15, 0.2) is 11.6 Å². The maximum atomic E-state index is 14.4. The SMILES string of the molecule is Cc1ccc(S(=O)(=O)n2ccc3c(-c4c(Oc5ccc(F)cc5F)ccc(N)c4N)cn(C)c(=O)c32)cc1. The van der Waals surface area contributed by atoms with Crippen LogP contribution in [-0.4, -0.2) is 17.0 Å². The van der Waals surface area contributed by atoms with Crippen molar-refractivity contribution in [1.29, 1.82) is 0 Å². The minimum absolute atomic E-state index is 0.00679. The number of benzene rings is 3. The van der Waals surface area contributed by atoms with E-state index in [0.29, 0.717) is 11.6 Å². The van der Waals surface area contributed by atoms with E-state index in [4.69, 9.17) is 16.2 Å². The summed E-state index contributed by atoms with van der Waals surface area (Å²) in [7, 11) is -2.67. The first-order valence-electron chi connectivity index (χ1n) is 11.3. The van der Waals surface area contributed by atoms with Crippen molar-refractivity contribution in [3.63, 3.8) is 0 Å². The number of halogens is 2. The Morgan fingerprint density at radius 1 is 0.921 bits per heavy atom. The number of aryl methyl sites for hydroxylation is 2. The molecule has 4 N–H and O–H groups in total. The molecule has 0 radical (unpaired) electrons. The zero-order valence-corrected chi connectivity index (χ0v) is 21.1. The summed E-state index contributed by atoms with van der Waals surface area (Å²) in [5.41, 5.74) is 13.4. The zero-order valence-electron chi connectivity index (χ0n) is 20.3. The Labute approximate surface area is 216 Å². The minimum Gasteiger partial charge on any atom is -0.454 e. The summed E-state index contributed by atoms with van der Waals surface area (Å²) in [4.78, 5) is 13.2. The van der Waals surface area contributed by atoms with E-state index < -0.39 is 27.2 Å². The van der Waals surface area contributed by atoms with Crippen molar-refractivity contribution in [2.45, 2.75) is 11.8 Å². The van der Waals surface area contributed by atoms with Crippen LogP contribution in [0.4, 0.5) is 20.2 Å². The first-order valence-corrected chi connectivity index (χ1v) is 12.8. The summed E-state index contributed by atoms with van der Waals surface area (Å²) in [5, 5.41) is 0.255. The quantitative estimate of drug-likeness (QED) is 0.312. The maximum absolute atomic E-state index is 14.4. The third-order valence-corrected chi connectivity index (χ3v) is 7.88. The van der Waals surface area contributed by atoms with Gasteiger partial charge in [0.25, 0.3) is 15.6 Å². The van der Waals surface area contributed by atoms with E-state index in [0.717, 1.165) is 21.7 Å². The van der Waals surface area contributed by atoms with E-state index in [1.807, 2.05) is 6.92 Å². The smallest absolute Gasteiger partial charge is 0.275 e. The summed E-state index contributed by atoms with van der Waals surface area (Å²) in [5.74, 6) is -1.91. The predicted octanol–water partition coefficient (Wildman–Crippen LogP) is 4.79. The van der Waals surface area contributed by atoms with Crippen molar-refractivity contribution in [3.05, 3.63) is 101 Å². The largest absolute Gasteiger partial charge is 0.454 e. The van der Waals surface area contributed by atoms with E-state index in [1.54, 1.807) is 12.1 Å². The van der Waals surface area contributed by atoms with Gasteiger partial charge in [-0.3, -0.25) is 4.79 Å². The lowest BCUT2D eigenvalue weighted by Crippen LogP contribution is -2.22. The van der Waals surface area contributed by atoms with E-state index in [1.165, 1.54) is 54.3 Å². The fraction of sp³-hybridized carbons (Fsp3) is 0.0741. The van der Waals surface area contributed by atoms with Crippen LogP contribution in [0.3, 0.4) is 0 Å². The average Bonchev–Trinajstić information content (AvgIpc) is 3.33. The van der Waals surface area contributed by atoms with Crippen LogP contribution < -0.4 is 21.8 Å². The molecule has 0 bridgehead atoms. The second-order valence-corrected chi connectivity index (χ2v) is 10.6. The molecule has 0 fully saturated rings. The lowest BCUT2D eigenvalue weighted by molar-refractivity contribution is 0.439. The van der Waals surface area contributed by atoms with E-state index in [9.17, 15) is 22.0 Å². The Morgan fingerprint density at radius 2 is 1.61 bits per heavy atom. The van der Waals surface area contributed by atoms with Gasteiger partial charge in [-0.25, -0.2) is 21.2 Å². The highest BCUT2D eigenvalue weighted by Crippen LogP contribution is 2.43. The van der Waals surface area contributed by atoms with Crippen molar-refractivity contribution < 1.29 is 21.9 Å². The predicted molar refractivity (Wildman–Crippen MR) is 142 cm³/mol. The van der Waals surface area contributed by atoms with Gasteiger partial charge >= 0.3 is 0 Å². The zero-order chi connectivity index (χ0) is 27.4. The number of nitrogens with two attached hydrogens (primary N) is 2. The van der Waals surface area contributed by atoms with Gasteiger partial charge in [0.2, 0.25) is 0 Å². The highest BCUT2D eigenvalue weighted by Gasteiger charge is 2.25. The Balaban J connectivity index is 1.77. The molecule has 0 saturated heterocycles. The highest BCUT2D eigenvalue weighted by atomic mass is 32.2. The highest BCUT2D eigenvalue weighted by molar-refractivity contribution is 7.90. The number of nitrogens with zero attached hydrogens (tertiary/aromatic N) is 2. The average molecular weight is 537 g/mol. The molecule has 194 valence electrons. The normalized spacial score (nSPS) is 11.7. The molecule has 5 rings (SSSR count). The van der Waals surface area contributed by atoms with Crippen molar-refractivity contribution in [1.82, 2.24) is 8.54 Å². The molecule has 0 amide bonds. The number of fused-ring (bicyclic) bond motifs is 1. The van der Waals surface area contributed by atoms with Gasteiger partial charge in [0.05, 0.1) is 21.8 Å². The lowest BCUT2D eigenvalue weighted by Gasteiger charge is -2.17. The number of aromatic nitrogens is 2. The lowest BCUT2D eigenvalue weighted by atomic mass is 10.00. The number of hydrogen-bond donors (Lipinski definition) is 2. The number of anilines is 2. The maximum Gasteiger partial charge on any atom is 0.275 e. The Morgan fingerprint density at radius 3 is 2.29 bits per heavy atom. The van der Waals surface area contributed by atoms with Gasteiger partial charge < -0.3 is 20.8 Å². The van der Waals surface area contributed by atoms with Gasteiger partial charge in [-0.15, -0.1) is 0 Å². The molecule has 0 aliphatic rings. The van der Waals surface area contributed by atoms with Crippen LogP contribution in [0.1, 0.15) is 5.56 Å². The topological polar surface area (TPSA) is 122 Å². The molecule has 0 saturated carbocycles. The summed E-state index contributed by atoms with van der Waals surface area (Å²) in [6.45, 7) is 1.83. The van der Waals surface area contributed by atoms with Crippen molar-refractivity contribution in [2.75, 3.05) is 11.5 Å². The van der Waals surface area contributed by atoms with Crippen LogP contribution >= 0.6 is 0 Å². The summed E-state index contributed by atoms with van der Waals surface area (Å²) >= 11 is 0. The Bertz CT molecular complexity index is 1900. The molecular weight excluding hydrogens is 514 g/mol. The third-order valence-electron chi connectivity index (χ3n) is 6.19. The molecule has 8 nitrogen and oxygen atoms in total. The molecule has 0 aliphatic carbocycles. The summed E-state index contributed by atoms with van der Waals surface area (Å²) in [6, 6.07) is 13.5. The second-order valence-electron chi connectivity index (χ2n) is 8.77. The molecule has 11 heteroatoms. The molecule has 0 aliphatic heterocycles. The van der Waals surface area contributed by atoms with Gasteiger partial charge in [-0.2, -0.15) is 0 Å². The molecule has 0 unspecified atom stereocenters. The van der Waals surface area contributed by atoms with E-state index >= 15 is 0 Å². The first-order chi connectivity index (χ1) is 18.0. The fourth-order valence-electron chi connectivity index (χ4n) is 4.21. The third kappa shape index (κ3) is 4.06. The Hall–Kier alpha value is -4.64. The van der Waals surface area contributed by atoms with Crippen LogP contribution in [0.5, 0.6) is 11.5 Å². The van der Waals surface area contributed by atoms with Gasteiger partial charge in [0, 0.05) is 36.5 Å². The van der Waals surface area contributed by atoms with Gasteiger partial charge in [0.1, 0.15) is 17.1 Å². The van der Waals surface area contributed by atoms with Crippen LogP contribution in [0.2, 0.25) is 0 Å². The molecular formula is C27H22F2N4O4S. The van der Waals surface area contributed by atoms with Crippen molar-refractivity contribution >= 4 is 32.3 Å². The second kappa shape index (κ2) is 9.03. The number of hydrogen-bond acceptors (Lipinski definition) is 6. The van der Waals surface area contributed by atoms with E-state index in [-0.39, 0.29) is 44.2 Å². The van der Waals surface area contributed by atoms with E-state index in [2.05, 4.69) is 0 Å². The van der Waals surface area contributed by atoms with Crippen LogP contribution in [0.25, 0.3) is 22.0 Å². The monoisotopic (exact) mass is 536 g/mol. The molecule has 38 heavy (non-hydrogen) atoms. The molecule has 2 aromatic heterocycles. The fourth-order valence-corrected chi connectivity index (χ4v) is 5.55. The van der Waals surface area contributed by atoms with Crippen LogP contribution in [-0.2, 0) is 17.1 Å². The number of pyridine rings is 1. The van der Waals surface area contributed by atoms with Crippen LogP contribution in [0, 0.1) is 18.6 Å². The molecule has 5 aromatic rings. The van der Waals surface area contributed by atoms with Gasteiger partial charge in [-0.1, -0.05) is 17.7 Å². The number of nitrogen functional groups attached to an aromatic ring is 2. The standard InChI is InChI=1S/C27H22F2N4O4S/c1-15-3-6-17(7-4-15)38(35,36)33-12-11-18-19(14-32(2)27(34)26(18)33)24-23(10-8-21(30)25(24)31)37-22-9-5-16(28)13-20(22)29/h3-14H,30-31H2,1-2H3. The summed E-state index contributed by atoms with van der Waals surface area (Å²) < 4.78 is 62.7. The van der Waals surface area contributed by atoms with Crippen molar-refractivity contribution in [3.8, 4) is 22.6 Å². The van der Waals surface area contributed by atoms with Crippen LogP contribution in [0.15, 0.2) is 82.7 Å². The Kier molecular flexibility index (Phi) is 5.95. The van der Waals surface area contributed by atoms with Gasteiger partial charge in [-0.05, 0) is 49.4 Å². The first kappa shape index (κ1) is 25.0. The summed E-state index contributed by atoms with van der Waals surface area (Å²) in [6.07, 6.45) is 2.75. The number of rotatable bonds is 5. The molecule has 2 heterocycles. The molecule has 3 aromatic carbocycles. The molecule has 0 spiro atoms. The van der Waals surface area contributed by atoms with Crippen molar-refractivity contribution in [2.24, 2.45) is 7.05 Å². The molecule has 0 atom stereocenters. The number of ether oxygens (including phenoxy) is 1.